The molecule has 3 amide bonds. The highest BCUT2D eigenvalue weighted by Gasteiger charge is 2.10. The van der Waals surface area contributed by atoms with Gasteiger partial charge in [0.05, 0.1) is 6.54 Å². The summed E-state index contributed by atoms with van der Waals surface area (Å²) in [5.41, 5.74) is 7.05. The highest BCUT2D eigenvalue weighted by molar-refractivity contribution is 5.99. The summed E-state index contributed by atoms with van der Waals surface area (Å²) in [5, 5.41) is 15.9. The van der Waals surface area contributed by atoms with Crippen molar-refractivity contribution in [2.75, 3.05) is 24.4 Å². The Bertz CT molecular complexity index is 1270. The second-order valence-electron chi connectivity index (χ2n) is 7.86. The fourth-order valence-electron chi connectivity index (χ4n) is 2.85. The lowest BCUT2D eigenvalue weighted by molar-refractivity contribution is -0.115. The van der Waals surface area contributed by atoms with Crippen molar-refractivity contribution >= 4 is 40.9 Å². The average molecular weight is 506 g/mol. The van der Waals surface area contributed by atoms with Crippen molar-refractivity contribution in [2.45, 2.75) is 19.9 Å². The van der Waals surface area contributed by atoms with Crippen molar-refractivity contribution in [2.24, 2.45) is 10.2 Å². The van der Waals surface area contributed by atoms with E-state index in [1.54, 1.807) is 54.6 Å². The van der Waals surface area contributed by atoms with Crippen molar-refractivity contribution in [3.8, 4) is 5.75 Å². The Morgan fingerprint density at radius 3 is 2.38 bits per heavy atom. The number of benzene rings is 2. The molecule has 1 heterocycles. The Hall–Kier alpha value is -5.00. The number of hydrogen-bond acceptors (Lipinski definition) is 9. The molecular formula is C25H27N7O5. The number of carbonyl (C=O) groups is 3. The van der Waals surface area contributed by atoms with E-state index in [-0.39, 0.29) is 42.6 Å². The topological polar surface area (TPSA) is 169 Å². The van der Waals surface area contributed by atoms with Gasteiger partial charge in [-0.2, -0.15) is 0 Å². The molecule has 0 unspecified atom stereocenters. The summed E-state index contributed by atoms with van der Waals surface area (Å²) in [4.78, 5) is 39.9. The number of azo groups is 1. The van der Waals surface area contributed by atoms with Crippen LogP contribution in [0.1, 0.15) is 24.2 Å². The predicted octanol–water partition coefficient (Wildman–Crippen LogP) is 3.92. The van der Waals surface area contributed by atoms with Crippen LogP contribution in [-0.2, 0) is 9.53 Å². The van der Waals surface area contributed by atoms with Gasteiger partial charge in [-0.05, 0) is 50.2 Å². The monoisotopic (exact) mass is 505 g/mol. The molecule has 12 heteroatoms. The van der Waals surface area contributed by atoms with Gasteiger partial charge in [-0.1, -0.05) is 30.3 Å². The van der Waals surface area contributed by atoms with Gasteiger partial charge >= 0.3 is 6.09 Å². The fourth-order valence-corrected chi connectivity index (χ4v) is 2.85. The lowest BCUT2D eigenvalue weighted by Gasteiger charge is -2.11. The van der Waals surface area contributed by atoms with Crippen LogP contribution < -0.4 is 26.4 Å². The first-order valence-corrected chi connectivity index (χ1v) is 11.3. The summed E-state index contributed by atoms with van der Waals surface area (Å²) in [6.45, 7) is 3.07. The lowest BCUT2D eigenvalue weighted by atomic mass is 10.2. The molecule has 192 valence electrons. The normalized spacial score (nSPS) is 10.7. The van der Waals surface area contributed by atoms with E-state index in [9.17, 15) is 14.4 Å². The zero-order valence-corrected chi connectivity index (χ0v) is 20.3. The fraction of sp³-hybridized carbons (Fsp3) is 0.200. The second-order valence-corrected chi connectivity index (χ2v) is 7.86. The van der Waals surface area contributed by atoms with E-state index in [0.717, 1.165) is 0 Å². The summed E-state index contributed by atoms with van der Waals surface area (Å²) in [6.07, 6.45) is -0.598. The van der Waals surface area contributed by atoms with E-state index < -0.39 is 12.0 Å². The molecule has 0 aliphatic heterocycles. The van der Waals surface area contributed by atoms with Crippen molar-refractivity contribution in [3.05, 3.63) is 72.3 Å². The standard InChI is InChI=1S/C25H27N7O5/c1-16(2)28-25(35)37-15-36-20-11-7-6-10-18(20)31-32-19-12-13-21(30-23(19)26)29-22(33)14-27-24(34)17-8-4-3-5-9-17/h3-13,16H,14-15H2,1-2H3,(H,27,34)(H,28,35)(H3,26,29,30,33). The van der Waals surface area contributed by atoms with Crippen LogP contribution in [0, 0.1) is 0 Å². The third-order valence-electron chi connectivity index (χ3n) is 4.56. The Labute approximate surface area is 213 Å². The second kappa shape index (κ2) is 13.2. The molecule has 5 N–H and O–H groups in total. The number of alkyl carbamates (subject to hydrolysis) is 1. The van der Waals surface area contributed by atoms with Crippen LogP contribution in [0.3, 0.4) is 0 Å². The first-order chi connectivity index (χ1) is 17.8. The number of aromatic nitrogens is 1. The van der Waals surface area contributed by atoms with E-state index in [2.05, 4.69) is 31.2 Å². The number of anilines is 2. The summed E-state index contributed by atoms with van der Waals surface area (Å²) < 4.78 is 10.4. The van der Waals surface area contributed by atoms with Crippen molar-refractivity contribution in [3.63, 3.8) is 0 Å². The van der Waals surface area contributed by atoms with E-state index >= 15 is 0 Å². The molecule has 0 radical (unpaired) electrons. The summed E-state index contributed by atoms with van der Waals surface area (Å²) in [5.74, 6) is -0.274. The van der Waals surface area contributed by atoms with Crippen molar-refractivity contribution < 1.29 is 23.9 Å². The summed E-state index contributed by atoms with van der Waals surface area (Å²) in [6, 6.07) is 18.3. The molecule has 12 nitrogen and oxygen atoms in total. The van der Waals surface area contributed by atoms with Crippen LogP contribution in [0.5, 0.6) is 5.75 Å². The number of hydrogen-bond donors (Lipinski definition) is 4. The van der Waals surface area contributed by atoms with Gasteiger partial charge in [0.15, 0.2) is 11.6 Å². The van der Waals surface area contributed by atoms with E-state index in [4.69, 9.17) is 15.2 Å². The number of carbonyl (C=O) groups excluding carboxylic acids is 3. The van der Waals surface area contributed by atoms with Crippen molar-refractivity contribution in [1.82, 2.24) is 15.6 Å². The maximum absolute atomic E-state index is 12.2. The quantitative estimate of drug-likeness (QED) is 0.239. The van der Waals surface area contributed by atoms with E-state index in [0.29, 0.717) is 17.0 Å². The maximum Gasteiger partial charge on any atom is 0.410 e. The smallest absolute Gasteiger partial charge is 0.410 e. The Balaban J connectivity index is 1.55. The molecule has 0 saturated heterocycles. The number of ether oxygens (including phenoxy) is 2. The third kappa shape index (κ3) is 8.62. The maximum atomic E-state index is 12.2. The molecule has 0 spiro atoms. The van der Waals surface area contributed by atoms with Gasteiger partial charge in [0.25, 0.3) is 5.91 Å². The minimum Gasteiger partial charge on any atom is -0.455 e. The molecule has 0 aliphatic rings. The molecular weight excluding hydrogens is 478 g/mol. The summed E-state index contributed by atoms with van der Waals surface area (Å²) >= 11 is 0. The van der Waals surface area contributed by atoms with Gasteiger partial charge in [-0.25, -0.2) is 9.78 Å². The average Bonchev–Trinajstić information content (AvgIpc) is 2.87. The Kier molecular flexibility index (Phi) is 9.48. The van der Waals surface area contributed by atoms with Crippen LogP contribution >= 0.6 is 0 Å². The predicted molar refractivity (Wildman–Crippen MR) is 137 cm³/mol. The van der Waals surface area contributed by atoms with Gasteiger partial charge in [0, 0.05) is 11.6 Å². The molecule has 1 aromatic heterocycles. The molecule has 3 aromatic rings. The first kappa shape index (κ1) is 26.6. The molecule has 37 heavy (non-hydrogen) atoms. The van der Waals surface area contributed by atoms with Crippen LogP contribution in [0.25, 0.3) is 0 Å². The minimum atomic E-state index is -0.598. The Morgan fingerprint density at radius 1 is 0.946 bits per heavy atom. The number of nitrogens with two attached hydrogens (primary N) is 1. The Morgan fingerprint density at radius 2 is 1.65 bits per heavy atom. The first-order valence-electron chi connectivity index (χ1n) is 11.3. The van der Waals surface area contributed by atoms with Crippen LogP contribution in [0.15, 0.2) is 77.0 Å². The number of nitrogens with zero attached hydrogens (tertiary/aromatic N) is 3. The molecule has 0 fully saturated rings. The molecule has 0 aliphatic carbocycles. The molecule has 0 atom stereocenters. The van der Waals surface area contributed by atoms with Gasteiger partial charge in [0.2, 0.25) is 12.7 Å². The number of amides is 3. The number of rotatable bonds is 10. The van der Waals surface area contributed by atoms with Gasteiger partial charge in [-0.3, -0.25) is 9.59 Å². The van der Waals surface area contributed by atoms with Gasteiger partial charge < -0.3 is 31.2 Å². The van der Waals surface area contributed by atoms with Gasteiger partial charge in [-0.15, -0.1) is 10.2 Å². The van der Waals surface area contributed by atoms with Crippen LogP contribution in [-0.4, -0.2) is 42.3 Å². The zero-order valence-electron chi connectivity index (χ0n) is 20.3. The van der Waals surface area contributed by atoms with Crippen LogP contribution in [0.2, 0.25) is 0 Å². The number of pyridine rings is 1. The molecule has 0 bridgehead atoms. The molecule has 2 aromatic carbocycles. The van der Waals surface area contributed by atoms with E-state index in [1.165, 1.54) is 12.1 Å². The van der Waals surface area contributed by atoms with E-state index in [1.807, 2.05) is 13.8 Å². The van der Waals surface area contributed by atoms with Crippen LogP contribution in [0.4, 0.5) is 27.8 Å². The largest absolute Gasteiger partial charge is 0.455 e. The number of nitrogens with one attached hydrogen (secondary N) is 3. The highest BCUT2D eigenvalue weighted by atomic mass is 16.7. The molecule has 0 saturated carbocycles. The zero-order chi connectivity index (χ0) is 26.6. The molecule has 3 rings (SSSR count). The van der Waals surface area contributed by atoms with Gasteiger partial charge in [0.1, 0.15) is 17.2 Å². The lowest BCUT2D eigenvalue weighted by Crippen LogP contribution is -2.33. The summed E-state index contributed by atoms with van der Waals surface area (Å²) in [7, 11) is 0. The highest BCUT2D eigenvalue weighted by Crippen LogP contribution is 2.30. The number of nitrogen functional groups attached to an aromatic ring is 1. The van der Waals surface area contributed by atoms with Crippen molar-refractivity contribution in [1.29, 1.82) is 0 Å². The minimum absolute atomic E-state index is 0.0296. The number of para-hydroxylation sites is 1. The SMILES string of the molecule is CC(C)NC(=O)OCOc1ccccc1N=Nc1ccc(NC(=O)CNC(=O)c2ccccc2)nc1N. The third-order valence-corrected chi connectivity index (χ3v) is 4.56.